The van der Waals surface area contributed by atoms with Gasteiger partial charge in [-0.2, -0.15) is 0 Å². The molecule has 0 unspecified atom stereocenters. The first kappa shape index (κ1) is 16.2. The topological polar surface area (TPSA) is 102 Å². The molecule has 23 heavy (non-hydrogen) atoms. The van der Waals surface area contributed by atoms with Crippen molar-refractivity contribution in [2.45, 2.75) is 6.92 Å². The van der Waals surface area contributed by atoms with E-state index < -0.39 is 12.1 Å². The summed E-state index contributed by atoms with van der Waals surface area (Å²) in [6, 6.07) is 9.96. The van der Waals surface area contributed by atoms with E-state index in [0.29, 0.717) is 11.4 Å². The number of amides is 1. The molecule has 1 aromatic heterocycles. The van der Waals surface area contributed by atoms with Crippen molar-refractivity contribution in [1.82, 2.24) is 10.2 Å². The molecular formula is C15H16N4O4. The SMILES string of the molecule is CCOC(=O)Nc1ccc(Nc2ccc(C(=O)OC)cc2)nn1. The van der Waals surface area contributed by atoms with Gasteiger partial charge in [-0.3, -0.25) is 5.32 Å². The number of ether oxygens (including phenoxy) is 2. The van der Waals surface area contributed by atoms with Crippen molar-refractivity contribution in [3.63, 3.8) is 0 Å². The summed E-state index contributed by atoms with van der Waals surface area (Å²) in [6.45, 7) is 1.99. The van der Waals surface area contributed by atoms with Crippen LogP contribution in [0.15, 0.2) is 36.4 Å². The van der Waals surface area contributed by atoms with Crippen LogP contribution in [0.2, 0.25) is 0 Å². The second-order valence-corrected chi connectivity index (χ2v) is 4.34. The number of carbonyl (C=O) groups excluding carboxylic acids is 2. The van der Waals surface area contributed by atoms with E-state index in [1.165, 1.54) is 7.11 Å². The molecule has 0 saturated carbocycles. The van der Waals surface area contributed by atoms with Crippen LogP contribution in [0.5, 0.6) is 0 Å². The van der Waals surface area contributed by atoms with Crippen molar-refractivity contribution >= 4 is 29.4 Å². The Morgan fingerprint density at radius 3 is 2.26 bits per heavy atom. The molecule has 1 heterocycles. The third kappa shape index (κ3) is 4.67. The number of hydrogen-bond donors (Lipinski definition) is 2. The van der Waals surface area contributed by atoms with Gasteiger partial charge in [-0.25, -0.2) is 9.59 Å². The van der Waals surface area contributed by atoms with Gasteiger partial charge in [-0.1, -0.05) is 0 Å². The van der Waals surface area contributed by atoms with Crippen LogP contribution in [0, 0.1) is 0 Å². The standard InChI is InChI=1S/C15H16N4O4/c1-3-23-15(21)17-13-9-8-12(18-19-13)16-11-6-4-10(5-7-11)14(20)22-2/h4-9H,3H2,1-2H3,(H,16,18)(H,17,19,21). The van der Waals surface area contributed by atoms with E-state index in [2.05, 4.69) is 25.6 Å². The van der Waals surface area contributed by atoms with Crippen molar-refractivity contribution < 1.29 is 19.1 Å². The third-order valence-electron chi connectivity index (χ3n) is 2.75. The van der Waals surface area contributed by atoms with Gasteiger partial charge in [-0.05, 0) is 43.3 Å². The van der Waals surface area contributed by atoms with E-state index >= 15 is 0 Å². The maximum absolute atomic E-state index is 11.3. The molecule has 120 valence electrons. The minimum Gasteiger partial charge on any atom is -0.465 e. The molecule has 8 heteroatoms. The Labute approximate surface area is 132 Å². The Balaban J connectivity index is 1.98. The summed E-state index contributed by atoms with van der Waals surface area (Å²) in [5.41, 5.74) is 1.19. The molecule has 1 amide bonds. The number of nitrogens with zero attached hydrogens (tertiary/aromatic N) is 2. The predicted molar refractivity (Wildman–Crippen MR) is 83.7 cm³/mol. The molecule has 2 aromatic rings. The normalized spacial score (nSPS) is 9.83. The maximum atomic E-state index is 11.3. The average Bonchev–Trinajstić information content (AvgIpc) is 2.57. The number of nitrogens with one attached hydrogen (secondary N) is 2. The Bertz CT molecular complexity index is 671. The molecule has 2 N–H and O–H groups in total. The molecule has 0 atom stereocenters. The molecule has 0 bridgehead atoms. The first-order valence-corrected chi connectivity index (χ1v) is 6.85. The molecule has 0 spiro atoms. The van der Waals surface area contributed by atoms with E-state index in [-0.39, 0.29) is 12.4 Å². The van der Waals surface area contributed by atoms with Gasteiger partial charge in [0.1, 0.15) is 0 Å². The van der Waals surface area contributed by atoms with E-state index in [1.807, 2.05) is 0 Å². The summed E-state index contributed by atoms with van der Waals surface area (Å²) < 4.78 is 9.37. The fourth-order valence-electron chi connectivity index (χ4n) is 1.69. The lowest BCUT2D eigenvalue weighted by Crippen LogP contribution is -2.14. The summed E-state index contributed by atoms with van der Waals surface area (Å²) in [5, 5.41) is 13.3. The zero-order valence-corrected chi connectivity index (χ0v) is 12.7. The lowest BCUT2D eigenvalue weighted by atomic mass is 10.2. The molecule has 8 nitrogen and oxygen atoms in total. The Hall–Kier alpha value is -3.16. The molecule has 0 aliphatic carbocycles. The van der Waals surface area contributed by atoms with Crippen LogP contribution in [-0.2, 0) is 9.47 Å². The first-order valence-electron chi connectivity index (χ1n) is 6.85. The van der Waals surface area contributed by atoms with Crippen molar-refractivity contribution in [3.8, 4) is 0 Å². The van der Waals surface area contributed by atoms with Crippen LogP contribution in [-0.4, -0.2) is 36.0 Å². The zero-order chi connectivity index (χ0) is 16.7. The van der Waals surface area contributed by atoms with Crippen LogP contribution in [0.1, 0.15) is 17.3 Å². The molecule has 1 aromatic carbocycles. The lowest BCUT2D eigenvalue weighted by Gasteiger charge is -2.07. The maximum Gasteiger partial charge on any atom is 0.412 e. The van der Waals surface area contributed by atoms with E-state index in [9.17, 15) is 9.59 Å². The smallest absolute Gasteiger partial charge is 0.412 e. The highest BCUT2D eigenvalue weighted by Gasteiger charge is 2.06. The summed E-state index contributed by atoms with van der Waals surface area (Å²) >= 11 is 0. The number of esters is 1. The van der Waals surface area contributed by atoms with E-state index in [4.69, 9.17) is 4.74 Å². The van der Waals surface area contributed by atoms with Gasteiger partial charge in [0.2, 0.25) is 0 Å². The van der Waals surface area contributed by atoms with Gasteiger partial charge in [0.05, 0.1) is 19.3 Å². The number of anilines is 3. The predicted octanol–water partition coefficient (Wildman–Crippen LogP) is 2.58. The first-order chi connectivity index (χ1) is 11.1. The molecule has 0 aliphatic heterocycles. The summed E-state index contributed by atoms with van der Waals surface area (Å²) in [5.74, 6) is 0.381. The Kier molecular flexibility index (Phi) is 5.45. The van der Waals surface area contributed by atoms with Crippen molar-refractivity contribution in [3.05, 3.63) is 42.0 Å². The second-order valence-electron chi connectivity index (χ2n) is 4.34. The van der Waals surface area contributed by atoms with Crippen LogP contribution in [0.4, 0.5) is 22.1 Å². The van der Waals surface area contributed by atoms with Gasteiger partial charge in [0.15, 0.2) is 11.6 Å². The molecule has 0 saturated heterocycles. The monoisotopic (exact) mass is 316 g/mol. The summed E-state index contributed by atoms with van der Waals surface area (Å²) in [4.78, 5) is 22.6. The fraction of sp³-hybridized carbons (Fsp3) is 0.200. The molecule has 0 fully saturated rings. The number of carbonyl (C=O) groups is 2. The number of methoxy groups -OCH3 is 1. The number of aromatic nitrogens is 2. The van der Waals surface area contributed by atoms with Crippen molar-refractivity contribution in [2.24, 2.45) is 0 Å². The highest BCUT2D eigenvalue weighted by atomic mass is 16.5. The van der Waals surface area contributed by atoms with E-state index in [1.54, 1.807) is 43.3 Å². The van der Waals surface area contributed by atoms with Crippen LogP contribution < -0.4 is 10.6 Å². The summed E-state index contributed by atoms with van der Waals surface area (Å²) in [6.07, 6.45) is -0.582. The van der Waals surface area contributed by atoms with Crippen LogP contribution >= 0.6 is 0 Å². The highest BCUT2D eigenvalue weighted by Crippen LogP contribution is 2.16. The number of benzene rings is 1. The third-order valence-corrected chi connectivity index (χ3v) is 2.75. The molecule has 0 radical (unpaired) electrons. The fourth-order valence-corrected chi connectivity index (χ4v) is 1.69. The molecule has 2 rings (SSSR count). The van der Waals surface area contributed by atoms with Gasteiger partial charge in [0.25, 0.3) is 0 Å². The van der Waals surface area contributed by atoms with Gasteiger partial charge < -0.3 is 14.8 Å². The lowest BCUT2D eigenvalue weighted by molar-refractivity contribution is 0.0600. The van der Waals surface area contributed by atoms with Crippen LogP contribution in [0.25, 0.3) is 0 Å². The van der Waals surface area contributed by atoms with Crippen molar-refractivity contribution in [1.29, 1.82) is 0 Å². The Morgan fingerprint density at radius 1 is 1.04 bits per heavy atom. The van der Waals surface area contributed by atoms with Crippen molar-refractivity contribution in [2.75, 3.05) is 24.4 Å². The van der Waals surface area contributed by atoms with Gasteiger partial charge in [-0.15, -0.1) is 10.2 Å². The minimum absolute atomic E-state index is 0.278. The van der Waals surface area contributed by atoms with E-state index in [0.717, 1.165) is 5.69 Å². The second kappa shape index (κ2) is 7.74. The van der Waals surface area contributed by atoms with Gasteiger partial charge in [0, 0.05) is 5.69 Å². The quantitative estimate of drug-likeness (QED) is 0.817. The minimum atomic E-state index is -0.582. The Morgan fingerprint density at radius 2 is 1.70 bits per heavy atom. The number of rotatable bonds is 5. The van der Waals surface area contributed by atoms with Gasteiger partial charge >= 0.3 is 12.1 Å². The zero-order valence-electron chi connectivity index (χ0n) is 12.7. The highest BCUT2D eigenvalue weighted by molar-refractivity contribution is 5.89. The largest absolute Gasteiger partial charge is 0.465 e. The summed E-state index contributed by atoms with van der Waals surface area (Å²) in [7, 11) is 1.33. The number of hydrogen-bond acceptors (Lipinski definition) is 7. The molecular weight excluding hydrogens is 300 g/mol. The van der Waals surface area contributed by atoms with Crippen LogP contribution in [0.3, 0.4) is 0 Å². The average molecular weight is 316 g/mol. The molecule has 0 aliphatic rings.